The molecule has 0 aliphatic carbocycles. The minimum Gasteiger partial charge on any atom is -0.493 e. The topological polar surface area (TPSA) is 18.5 Å². The molecular weight excluding hydrogens is 613 g/mol. The van der Waals surface area contributed by atoms with Crippen LogP contribution in [0.3, 0.4) is 0 Å². The molecule has 0 aliphatic heterocycles. The van der Waals surface area contributed by atoms with Crippen molar-refractivity contribution in [1.82, 2.24) is 0 Å². The maximum absolute atomic E-state index is 6.74. The average Bonchev–Trinajstić information content (AvgIpc) is 3.15. The largest absolute Gasteiger partial charge is 0.493 e. The molecule has 0 atom stereocenters. The lowest BCUT2D eigenvalue weighted by atomic mass is 9.90. The normalized spacial score (nSPS) is 12.2. The molecule has 274 valence electrons. The number of unbranched alkanes of at least 4 members (excludes halogenated alkanes) is 6. The van der Waals surface area contributed by atoms with Gasteiger partial charge in [-0.05, 0) is 100 Å². The number of nitrogens with zero attached hydrogens (tertiary/aromatic N) is 2. The van der Waals surface area contributed by atoms with E-state index in [0.29, 0.717) is 0 Å². The van der Waals surface area contributed by atoms with Gasteiger partial charge in [-0.1, -0.05) is 88.8 Å². The molecule has 0 N–H and O–H groups in total. The summed E-state index contributed by atoms with van der Waals surface area (Å²) in [7, 11) is 0. The zero-order valence-corrected chi connectivity index (χ0v) is 33.2. The van der Waals surface area contributed by atoms with Crippen molar-refractivity contribution in [3.63, 3.8) is 0 Å². The highest BCUT2D eigenvalue weighted by Crippen LogP contribution is 2.46. The zero-order chi connectivity index (χ0) is 36.0. The second kappa shape index (κ2) is 19.5. The van der Waals surface area contributed by atoms with E-state index in [0.717, 1.165) is 98.9 Å². The minimum atomic E-state index is 0.729. The smallest absolute Gasteiger partial charge is 0.127 e. The molecule has 0 unspecified atom stereocenters. The highest BCUT2D eigenvalue weighted by Gasteiger charge is 2.25. The lowest BCUT2D eigenvalue weighted by Crippen LogP contribution is -2.46. The molecule has 4 aromatic carbocycles. The molecule has 0 amide bonds. The molecule has 0 heterocycles. The van der Waals surface area contributed by atoms with Crippen LogP contribution in [0.25, 0.3) is 32.7 Å². The molecule has 50 heavy (non-hydrogen) atoms. The number of fused-ring (bicyclic) bond motifs is 2. The third kappa shape index (κ3) is 9.62. The molecule has 4 nitrogen and oxygen atoms in total. The maximum atomic E-state index is 6.74. The average molecular weight is 683 g/mol. The Hall–Kier alpha value is -3.08. The molecule has 0 saturated heterocycles. The van der Waals surface area contributed by atoms with E-state index in [4.69, 9.17) is 9.47 Å². The van der Waals surface area contributed by atoms with E-state index in [2.05, 4.69) is 116 Å². The Balaban J connectivity index is 1.91. The van der Waals surface area contributed by atoms with E-state index >= 15 is 0 Å². The van der Waals surface area contributed by atoms with Gasteiger partial charge >= 0.3 is 0 Å². The number of hydrogen-bond acceptors (Lipinski definition) is 2. The Bertz CT molecular complexity index is 1480. The predicted octanol–water partition coefficient (Wildman–Crippen LogP) is 12.3. The Kier molecular flexibility index (Phi) is 15.5. The molecule has 0 fully saturated rings. The van der Waals surface area contributed by atoms with Crippen LogP contribution in [-0.4, -0.2) is 61.4 Å². The maximum Gasteiger partial charge on any atom is 0.127 e. The predicted molar refractivity (Wildman–Crippen MR) is 217 cm³/mol. The van der Waals surface area contributed by atoms with Crippen LogP contribution in [0.2, 0.25) is 0 Å². The zero-order valence-electron chi connectivity index (χ0n) is 33.2. The van der Waals surface area contributed by atoms with Crippen LogP contribution in [0.1, 0.15) is 118 Å². The molecule has 0 spiro atoms. The summed E-state index contributed by atoms with van der Waals surface area (Å²) >= 11 is 0. The summed E-state index contributed by atoms with van der Waals surface area (Å²) < 4.78 is 15.7. The Morgan fingerprint density at radius 1 is 0.420 bits per heavy atom. The second-order valence-corrected chi connectivity index (χ2v) is 14.7. The van der Waals surface area contributed by atoms with Crippen LogP contribution in [0.4, 0.5) is 0 Å². The second-order valence-electron chi connectivity index (χ2n) is 14.7. The van der Waals surface area contributed by atoms with Crippen LogP contribution in [0, 0.1) is 0 Å². The first-order valence-electron chi connectivity index (χ1n) is 20.4. The molecular formula is C46H70N2O2+2. The van der Waals surface area contributed by atoms with Crippen LogP contribution in [-0.2, 0) is 13.1 Å². The summed E-state index contributed by atoms with van der Waals surface area (Å²) in [6.45, 7) is 29.0. The number of quaternary nitrogens is 2. The molecule has 0 aromatic heterocycles. The molecule has 0 saturated carbocycles. The van der Waals surface area contributed by atoms with Crippen molar-refractivity contribution < 1.29 is 18.4 Å². The fraction of sp³-hybridized carbons (Fsp3) is 0.565. The molecule has 4 rings (SSSR count). The van der Waals surface area contributed by atoms with Crippen LogP contribution in [0.15, 0.2) is 60.7 Å². The molecule has 4 aromatic rings. The van der Waals surface area contributed by atoms with Crippen molar-refractivity contribution in [2.45, 2.75) is 120 Å². The highest BCUT2D eigenvalue weighted by molar-refractivity contribution is 6.10. The van der Waals surface area contributed by atoms with Gasteiger partial charge in [0.05, 0.1) is 52.5 Å². The van der Waals surface area contributed by atoms with Gasteiger partial charge in [-0.2, -0.15) is 0 Å². The van der Waals surface area contributed by atoms with Crippen molar-refractivity contribution in [3.05, 3.63) is 71.8 Å². The van der Waals surface area contributed by atoms with Gasteiger partial charge in [0.2, 0.25) is 0 Å². The number of ether oxygens (including phenoxy) is 2. The number of benzene rings is 4. The van der Waals surface area contributed by atoms with E-state index < -0.39 is 0 Å². The van der Waals surface area contributed by atoms with Gasteiger partial charge in [0.25, 0.3) is 0 Å². The van der Waals surface area contributed by atoms with E-state index in [1.807, 2.05) is 0 Å². The quantitative estimate of drug-likeness (QED) is 0.0573. The fourth-order valence-corrected chi connectivity index (χ4v) is 7.88. The first-order chi connectivity index (χ1) is 24.4. The third-order valence-electron chi connectivity index (χ3n) is 11.9. The summed E-state index contributed by atoms with van der Waals surface area (Å²) in [6, 6.07) is 23.4. The molecule has 0 aliphatic rings. The molecule has 0 bridgehead atoms. The summed E-state index contributed by atoms with van der Waals surface area (Å²) in [6.07, 6.45) is 9.49. The molecule has 4 heteroatoms. The van der Waals surface area contributed by atoms with E-state index in [-0.39, 0.29) is 0 Å². The van der Waals surface area contributed by atoms with Crippen LogP contribution in [0.5, 0.6) is 11.5 Å². The van der Waals surface area contributed by atoms with Gasteiger partial charge in [0.1, 0.15) is 24.6 Å². The van der Waals surface area contributed by atoms with Crippen LogP contribution < -0.4 is 9.47 Å². The van der Waals surface area contributed by atoms with Gasteiger partial charge < -0.3 is 18.4 Å². The third-order valence-corrected chi connectivity index (χ3v) is 11.9. The van der Waals surface area contributed by atoms with Crippen molar-refractivity contribution in [1.29, 1.82) is 0 Å². The fourth-order valence-electron chi connectivity index (χ4n) is 7.88. The van der Waals surface area contributed by atoms with Gasteiger partial charge in [-0.25, -0.2) is 0 Å². The summed E-state index contributed by atoms with van der Waals surface area (Å²) in [5.74, 6) is 1.93. The SMILES string of the molecule is CCCCCCOc1ccc2cc(C[N+](CC)(CC)CC)ccc2c1-c1c(OCCCCCC)ccc2cc(C[N+](CC)(CC)CC)ccc12. The van der Waals surface area contributed by atoms with Crippen LogP contribution >= 0.6 is 0 Å². The van der Waals surface area contributed by atoms with Gasteiger partial charge in [-0.3, -0.25) is 0 Å². The Labute approximate surface area is 306 Å². The first-order valence-corrected chi connectivity index (χ1v) is 20.4. The first kappa shape index (κ1) is 39.7. The van der Waals surface area contributed by atoms with E-state index in [1.165, 1.54) is 82.3 Å². The summed E-state index contributed by atoms with van der Waals surface area (Å²) in [4.78, 5) is 0. The van der Waals surface area contributed by atoms with Gasteiger partial charge in [-0.15, -0.1) is 0 Å². The Morgan fingerprint density at radius 2 is 0.800 bits per heavy atom. The standard InChI is InChI=1S/C46H70N2O2/c1-9-17-19-21-31-49-43-29-25-39-33-37(35-47(11-3,12-4)13-5)23-27-41(39)45(43)46-42-28-24-38(36-48(14-6,15-7)16-8)34-40(42)26-30-44(46)50-32-22-20-18-10-2/h23-30,33-34H,9-22,31-32,35-36H2,1-8H3/q+2. The highest BCUT2D eigenvalue weighted by atomic mass is 16.5. The minimum absolute atomic E-state index is 0.729. The van der Waals surface area contributed by atoms with Gasteiger partial charge in [0.15, 0.2) is 0 Å². The Morgan fingerprint density at radius 3 is 1.14 bits per heavy atom. The lowest BCUT2D eigenvalue weighted by Gasteiger charge is -2.36. The molecule has 0 radical (unpaired) electrons. The van der Waals surface area contributed by atoms with E-state index in [9.17, 15) is 0 Å². The van der Waals surface area contributed by atoms with Gasteiger partial charge in [0, 0.05) is 22.3 Å². The monoisotopic (exact) mass is 683 g/mol. The summed E-state index contributed by atoms with van der Waals surface area (Å²) in [5, 5.41) is 5.04. The lowest BCUT2D eigenvalue weighted by molar-refractivity contribution is -0.936. The van der Waals surface area contributed by atoms with Crippen molar-refractivity contribution in [2.75, 3.05) is 52.5 Å². The van der Waals surface area contributed by atoms with Crippen molar-refractivity contribution >= 4 is 21.5 Å². The number of hydrogen-bond donors (Lipinski definition) is 0. The number of rotatable bonds is 23. The van der Waals surface area contributed by atoms with E-state index in [1.54, 1.807) is 0 Å². The summed E-state index contributed by atoms with van der Waals surface area (Å²) in [5.41, 5.74) is 5.16. The van der Waals surface area contributed by atoms with Crippen molar-refractivity contribution in [3.8, 4) is 22.6 Å². The van der Waals surface area contributed by atoms with Crippen molar-refractivity contribution in [2.24, 2.45) is 0 Å².